The van der Waals surface area contributed by atoms with Gasteiger partial charge in [0.15, 0.2) is 39.6 Å². The average Bonchev–Trinajstić information content (AvgIpc) is 3.58. The second-order valence-corrected chi connectivity index (χ2v) is 29.6. The molecule has 6 nitrogen and oxygen atoms in total. The van der Waals surface area contributed by atoms with Crippen molar-refractivity contribution in [1.29, 1.82) is 0 Å². The van der Waals surface area contributed by atoms with E-state index in [0.29, 0.717) is 72.5 Å². The molecular weight excluding hydrogens is 784 g/mol. The Labute approximate surface area is 363 Å². The van der Waals surface area contributed by atoms with Gasteiger partial charge >= 0.3 is 0 Å². The molecule has 0 radical (unpaired) electrons. The monoisotopic (exact) mass is 856 g/mol. The fourth-order valence-corrected chi connectivity index (χ4v) is 9.52. The fraction of sp³-hybridized carbons (Fsp3) is 0.529. The molecule has 1 unspecified atom stereocenters. The van der Waals surface area contributed by atoms with E-state index in [1.165, 1.54) is 36.8 Å². The van der Waals surface area contributed by atoms with Crippen molar-refractivity contribution in [2.45, 2.75) is 143 Å². The Morgan fingerprint density at radius 1 is 0.583 bits per heavy atom. The van der Waals surface area contributed by atoms with Gasteiger partial charge in [0.2, 0.25) is 0 Å². The third-order valence-corrected chi connectivity index (χ3v) is 22.3. The number of halogens is 1. The lowest BCUT2D eigenvalue weighted by atomic mass is 9.94. The molecule has 0 saturated heterocycles. The fourth-order valence-electron chi connectivity index (χ4n) is 7.34. The van der Waals surface area contributed by atoms with E-state index in [-0.39, 0.29) is 27.4 Å². The Balaban J connectivity index is 1.38. The van der Waals surface area contributed by atoms with Gasteiger partial charge < -0.3 is 28.5 Å². The van der Waals surface area contributed by atoms with Crippen molar-refractivity contribution in [1.82, 2.24) is 0 Å². The van der Waals surface area contributed by atoms with Gasteiger partial charge in [0, 0.05) is 30.8 Å². The van der Waals surface area contributed by atoms with Crippen LogP contribution in [0.4, 0.5) is 4.39 Å². The summed E-state index contributed by atoms with van der Waals surface area (Å²) < 4.78 is 41.4. The first kappa shape index (κ1) is 47.4. The van der Waals surface area contributed by atoms with Gasteiger partial charge in [-0.05, 0) is 138 Å². The minimum absolute atomic E-state index is 0.00819. The second-order valence-electron chi connectivity index (χ2n) is 20.0. The van der Waals surface area contributed by atoms with Gasteiger partial charge in [-0.3, -0.25) is 0 Å². The second kappa shape index (κ2) is 20.0. The molecule has 1 atom stereocenters. The molecule has 1 aliphatic rings. The molecular formula is C51H73FO6Si2. The third-order valence-electron chi connectivity index (χ3n) is 13.3. The average molecular weight is 857 g/mol. The zero-order valence-corrected chi connectivity index (χ0v) is 40.5. The van der Waals surface area contributed by atoms with Crippen LogP contribution in [0.3, 0.4) is 0 Å². The summed E-state index contributed by atoms with van der Waals surface area (Å²) in [6.45, 7) is 26.5. The number of unbranched alkanes of at least 4 members (excludes halogenated alkanes) is 3. The lowest BCUT2D eigenvalue weighted by Gasteiger charge is -2.36. The molecule has 0 fully saturated rings. The molecule has 2 N–H and O–H groups in total. The van der Waals surface area contributed by atoms with Gasteiger partial charge in [0.25, 0.3) is 0 Å². The maximum absolute atomic E-state index is 16.3. The van der Waals surface area contributed by atoms with Crippen molar-refractivity contribution in [2.75, 3.05) is 26.4 Å². The van der Waals surface area contributed by atoms with Crippen LogP contribution < -0.4 is 9.47 Å². The number of aromatic hydroxyl groups is 2. The van der Waals surface area contributed by atoms with Crippen LogP contribution in [0.15, 0.2) is 66.7 Å². The number of ether oxygens (including phenoxy) is 2. The number of fused-ring (bicyclic) bond motifs is 1. The molecule has 0 spiro atoms. The van der Waals surface area contributed by atoms with Gasteiger partial charge in [-0.25, -0.2) is 4.39 Å². The van der Waals surface area contributed by atoms with Crippen LogP contribution in [-0.2, 0) is 21.7 Å². The highest BCUT2D eigenvalue weighted by molar-refractivity contribution is 6.74. The molecule has 0 aliphatic heterocycles. The van der Waals surface area contributed by atoms with Gasteiger partial charge in [0.05, 0.1) is 13.2 Å². The molecule has 0 amide bonds. The topological polar surface area (TPSA) is 77.4 Å². The Morgan fingerprint density at radius 3 is 1.85 bits per heavy atom. The molecule has 0 saturated carbocycles. The minimum atomic E-state index is -1.89. The number of benzene rings is 4. The van der Waals surface area contributed by atoms with Crippen LogP contribution in [0.5, 0.6) is 23.0 Å². The molecule has 9 heteroatoms. The van der Waals surface area contributed by atoms with Crippen LogP contribution in [0.1, 0.15) is 105 Å². The first-order valence-corrected chi connectivity index (χ1v) is 28.2. The van der Waals surface area contributed by atoms with Gasteiger partial charge in [-0.15, -0.1) is 0 Å². The molecule has 328 valence electrons. The predicted octanol–water partition coefficient (Wildman–Crippen LogP) is 14.5. The Kier molecular flexibility index (Phi) is 15.8. The smallest absolute Gasteiger partial charge is 0.191 e. The lowest BCUT2D eigenvalue weighted by molar-refractivity contribution is 0.229. The first-order valence-electron chi connectivity index (χ1n) is 22.4. The first-order chi connectivity index (χ1) is 28.2. The van der Waals surface area contributed by atoms with Crippen LogP contribution >= 0.6 is 0 Å². The minimum Gasteiger partial charge on any atom is -0.504 e. The number of hydrogen-bond acceptors (Lipinski definition) is 6. The Morgan fingerprint density at radius 2 is 1.18 bits per heavy atom. The lowest BCUT2D eigenvalue weighted by Crippen LogP contribution is -2.41. The van der Waals surface area contributed by atoms with Crippen LogP contribution in [0.2, 0.25) is 36.3 Å². The van der Waals surface area contributed by atoms with E-state index in [0.717, 1.165) is 36.8 Å². The molecule has 0 bridgehead atoms. The van der Waals surface area contributed by atoms with E-state index in [2.05, 4.69) is 92.9 Å². The highest BCUT2D eigenvalue weighted by atomic mass is 28.4. The van der Waals surface area contributed by atoms with E-state index in [1.54, 1.807) is 36.4 Å². The summed E-state index contributed by atoms with van der Waals surface area (Å²) in [5.41, 5.74) is 6.76. The highest BCUT2D eigenvalue weighted by Gasteiger charge is 2.37. The molecule has 4 aromatic rings. The van der Waals surface area contributed by atoms with Crippen molar-refractivity contribution in [3.63, 3.8) is 0 Å². The van der Waals surface area contributed by atoms with Crippen molar-refractivity contribution in [3.05, 3.63) is 83.7 Å². The van der Waals surface area contributed by atoms with Gasteiger partial charge in [0.1, 0.15) is 5.82 Å². The van der Waals surface area contributed by atoms with E-state index in [1.807, 2.05) is 12.1 Å². The number of phenols is 2. The summed E-state index contributed by atoms with van der Waals surface area (Å²) in [5, 5.41) is 22.7. The molecule has 1 aliphatic carbocycles. The van der Waals surface area contributed by atoms with E-state index in [4.69, 9.17) is 18.3 Å². The summed E-state index contributed by atoms with van der Waals surface area (Å²) in [7, 11) is -3.75. The molecule has 5 rings (SSSR count). The SMILES string of the molecule is CCCCCC1Cc2ccc(-c3ccc(-c4cc(O)c(OCCCCO[Si](C)(C)C(C)(C)C)c(-c5ccc(O)c(OCCCO[Si](C)(C)C(C)(C)C)c5)c4)c(F)c3)cc2C1. The summed E-state index contributed by atoms with van der Waals surface area (Å²) in [6.07, 6.45) is 9.49. The Hall–Kier alpha value is -3.64. The third kappa shape index (κ3) is 12.0. The largest absolute Gasteiger partial charge is 0.504 e. The van der Waals surface area contributed by atoms with Crippen molar-refractivity contribution >= 4 is 16.6 Å². The van der Waals surface area contributed by atoms with Gasteiger partial charge in [-0.2, -0.15) is 0 Å². The standard InChI is InChI=1S/C51H73FO6Si2/c1-12-13-14-18-36-29-37-19-20-38(31-41(37)30-36)39-21-23-43(45(52)33-39)42-32-44(49(47(54)34-42)56-25-15-16-27-57-59(8,9)50(2,3)4)40-22-24-46(53)48(35-40)55-26-17-28-58-60(10,11)51(5,6)7/h19-24,31-36,53-54H,12-18,25-30H2,1-11H3. The van der Waals surface area contributed by atoms with E-state index < -0.39 is 16.6 Å². The molecule has 0 heterocycles. The summed E-state index contributed by atoms with van der Waals surface area (Å²) in [4.78, 5) is 0. The van der Waals surface area contributed by atoms with Gasteiger partial charge in [-0.1, -0.05) is 104 Å². The summed E-state index contributed by atoms with van der Waals surface area (Å²) in [5.74, 6) is 0.852. The van der Waals surface area contributed by atoms with Crippen molar-refractivity contribution in [3.8, 4) is 56.4 Å². The highest BCUT2D eigenvalue weighted by Crippen LogP contribution is 2.45. The van der Waals surface area contributed by atoms with Crippen LogP contribution in [-0.4, -0.2) is 53.3 Å². The molecule has 4 aromatic carbocycles. The normalized spacial score (nSPS) is 14.7. The number of hydrogen-bond donors (Lipinski definition) is 2. The maximum Gasteiger partial charge on any atom is 0.191 e. The zero-order chi connectivity index (χ0) is 43.9. The molecule has 60 heavy (non-hydrogen) atoms. The quantitative estimate of drug-likeness (QED) is 0.0681. The summed E-state index contributed by atoms with van der Waals surface area (Å²) >= 11 is 0. The zero-order valence-electron chi connectivity index (χ0n) is 38.5. The van der Waals surface area contributed by atoms with Crippen molar-refractivity contribution in [2.24, 2.45) is 5.92 Å². The van der Waals surface area contributed by atoms with E-state index in [9.17, 15) is 10.2 Å². The maximum atomic E-state index is 16.3. The van der Waals surface area contributed by atoms with Crippen molar-refractivity contribution < 1.29 is 32.9 Å². The van der Waals surface area contributed by atoms with Crippen LogP contribution in [0, 0.1) is 11.7 Å². The van der Waals surface area contributed by atoms with Crippen LogP contribution in [0.25, 0.3) is 33.4 Å². The number of rotatable bonds is 20. The predicted molar refractivity (Wildman–Crippen MR) is 252 cm³/mol. The Bertz CT molecular complexity index is 2050. The summed E-state index contributed by atoms with van der Waals surface area (Å²) in [6, 6.07) is 20.5. The van der Waals surface area contributed by atoms with E-state index >= 15 is 4.39 Å². The number of phenolic OH excluding ortho intramolecular Hbond substituents is 2. The molecule has 0 aromatic heterocycles.